The summed E-state index contributed by atoms with van der Waals surface area (Å²) in [4.78, 5) is 15.9. The van der Waals surface area contributed by atoms with Gasteiger partial charge in [-0.15, -0.1) is 0 Å². The third kappa shape index (κ3) is 12.4. The van der Waals surface area contributed by atoms with E-state index >= 15 is 0 Å². The van der Waals surface area contributed by atoms with Gasteiger partial charge in [0.1, 0.15) is 0 Å². The highest BCUT2D eigenvalue weighted by Crippen LogP contribution is 2.47. The summed E-state index contributed by atoms with van der Waals surface area (Å²) in [7, 11) is -6.35. The quantitative estimate of drug-likeness (QED) is 0.724. The van der Waals surface area contributed by atoms with Gasteiger partial charge >= 0.3 is 15.2 Å². The van der Waals surface area contributed by atoms with Crippen molar-refractivity contribution < 1.29 is 28.0 Å². The van der Waals surface area contributed by atoms with E-state index in [9.17, 15) is 9.13 Å². The fraction of sp³-hybridized carbons (Fsp3) is 1.00. The molecule has 0 radical (unpaired) electrons. The Labute approximate surface area is 97.0 Å². The lowest BCUT2D eigenvalue weighted by atomic mass is 10.9. The van der Waals surface area contributed by atoms with Crippen molar-refractivity contribution in [3.63, 3.8) is 0 Å². The smallest absolute Gasteiger partial charge is 0.324 e. The summed E-state index contributed by atoms with van der Waals surface area (Å²) in [5.41, 5.74) is 0. The molecule has 0 bridgehead atoms. The average Bonchev–Trinajstić information content (AvgIpc) is 2.18. The number of hydrogen-bond donors (Lipinski definition) is 2. The van der Waals surface area contributed by atoms with Crippen molar-refractivity contribution >= 4 is 15.2 Å². The van der Waals surface area contributed by atoms with Crippen LogP contribution in [0.25, 0.3) is 0 Å². The molecule has 0 aliphatic carbocycles. The molecule has 0 aromatic rings. The molecule has 0 saturated heterocycles. The minimum Gasteiger partial charge on any atom is -0.324 e. The lowest BCUT2D eigenvalue weighted by molar-refractivity contribution is 0.221. The van der Waals surface area contributed by atoms with Gasteiger partial charge in [0.2, 0.25) is 0 Å². The van der Waals surface area contributed by atoms with E-state index in [1.807, 2.05) is 0 Å². The van der Waals surface area contributed by atoms with Crippen LogP contribution in [0.5, 0.6) is 0 Å². The van der Waals surface area contributed by atoms with Crippen molar-refractivity contribution in [3.8, 4) is 0 Å². The summed E-state index contributed by atoms with van der Waals surface area (Å²) in [5.74, 6) is 0. The van der Waals surface area contributed by atoms with Crippen molar-refractivity contribution in [2.75, 3.05) is 25.5 Å². The third-order valence-corrected chi connectivity index (χ3v) is 4.35. The van der Waals surface area contributed by atoms with Crippen LogP contribution in [0.2, 0.25) is 0 Å². The molecule has 0 aromatic heterocycles. The number of rotatable bonds is 6. The maximum Gasteiger partial charge on any atom is 0.330 e. The van der Waals surface area contributed by atoms with Crippen LogP contribution in [-0.4, -0.2) is 35.3 Å². The highest BCUT2D eigenvalue weighted by Gasteiger charge is 2.19. The van der Waals surface area contributed by atoms with E-state index in [2.05, 4.69) is 0 Å². The average molecular weight is 276 g/mol. The van der Waals surface area contributed by atoms with Crippen LogP contribution < -0.4 is 0 Å². The first-order valence-electron chi connectivity index (χ1n) is 5.17. The third-order valence-electron chi connectivity index (χ3n) is 1.45. The monoisotopic (exact) mass is 276 g/mol. The number of hydrogen-bond acceptors (Lipinski definition) is 4. The van der Waals surface area contributed by atoms with Gasteiger partial charge in [0, 0.05) is 12.3 Å². The molecule has 0 saturated carbocycles. The molecule has 0 spiro atoms. The van der Waals surface area contributed by atoms with Gasteiger partial charge in [-0.3, -0.25) is 9.13 Å². The molecule has 0 aliphatic rings. The van der Waals surface area contributed by atoms with Crippen molar-refractivity contribution in [2.45, 2.75) is 27.7 Å². The van der Waals surface area contributed by atoms with E-state index in [0.717, 1.165) is 0 Å². The molecule has 0 aliphatic heterocycles. The van der Waals surface area contributed by atoms with Gasteiger partial charge in [-0.05, 0) is 13.8 Å². The van der Waals surface area contributed by atoms with Gasteiger partial charge in [-0.25, -0.2) is 0 Å². The molecule has 0 unspecified atom stereocenters. The van der Waals surface area contributed by atoms with Crippen molar-refractivity contribution in [2.24, 2.45) is 0 Å². The van der Waals surface area contributed by atoms with Gasteiger partial charge in [0.25, 0.3) is 0 Å². The van der Waals surface area contributed by atoms with Gasteiger partial charge in [0.05, 0.1) is 13.2 Å². The summed E-state index contributed by atoms with van der Waals surface area (Å²) < 4.78 is 30.9. The summed E-state index contributed by atoms with van der Waals surface area (Å²) in [5, 5.41) is 0. The molecule has 0 heterocycles. The van der Waals surface area contributed by atoms with E-state index in [4.69, 9.17) is 18.8 Å². The molecular weight excluding hydrogens is 254 g/mol. The Hall–Kier alpha value is 0.300. The first-order chi connectivity index (χ1) is 7.24. The van der Waals surface area contributed by atoms with Gasteiger partial charge in [0.15, 0.2) is 0 Å². The Morgan fingerprint density at radius 2 is 1.19 bits per heavy atom. The molecule has 2 N–H and O–H groups in total. The normalized spacial score (nSPS) is 11.9. The molecule has 0 amide bonds. The molecule has 100 valence electrons. The van der Waals surface area contributed by atoms with E-state index in [-0.39, 0.29) is 6.16 Å². The van der Waals surface area contributed by atoms with Gasteiger partial charge < -0.3 is 18.8 Å². The minimum absolute atomic E-state index is 0.0625. The highest BCUT2D eigenvalue weighted by atomic mass is 31.2. The summed E-state index contributed by atoms with van der Waals surface area (Å²) in [6.45, 7) is 7.76. The Kier molecular flexibility index (Phi) is 10.9. The highest BCUT2D eigenvalue weighted by molar-refractivity contribution is 7.53. The molecule has 0 fully saturated rings. The zero-order valence-electron chi connectivity index (χ0n) is 10.3. The second kappa shape index (κ2) is 9.34. The molecule has 0 rings (SSSR count). The maximum atomic E-state index is 11.3. The fourth-order valence-electron chi connectivity index (χ4n) is 0.613. The van der Waals surface area contributed by atoms with Crippen LogP contribution in [-0.2, 0) is 18.2 Å². The molecule has 0 atom stereocenters. The lowest BCUT2D eigenvalue weighted by Crippen LogP contribution is -1.97. The summed E-state index contributed by atoms with van der Waals surface area (Å²) in [6, 6.07) is 0. The van der Waals surface area contributed by atoms with Crippen LogP contribution in [0.3, 0.4) is 0 Å². The summed E-state index contributed by atoms with van der Waals surface area (Å²) in [6.07, 6.45) is 0.391. The van der Waals surface area contributed by atoms with Crippen LogP contribution in [0.1, 0.15) is 27.7 Å². The van der Waals surface area contributed by atoms with Crippen LogP contribution in [0.15, 0.2) is 0 Å². The van der Waals surface area contributed by atoms with Crippen LogP contribution >= 0.6 is 15.2 Å². The van der Waals surface area contributed by atoms with Crippen LogP contribution in [0, 0.1) is 0 Å². The second-order valence-corrected chi connectivity index (χ2v) is 7.08. The molecular formula is C8H22O6P2. The first-order valence-corrected chi connectivity index (χ1v) is 8.69. The van der Waals surface area contributed by atoms with Crippen molar-refractivity contribution in [1.82, 2.24) is 0 Å². The van der Waals surface area contributed by atoms with E-state index in [1.165, 1.54) is 6.92 Å². The molecule has 8 heteroatoms. The topological polar surface area (TPSA) is 93.1 Å². The maximum absolute atomic E-state index is 11.3. The lowest BCUT2D eigenvalue weighted by Gasteiger charge is -2.13. The SMILES string of the molecule is CCOP(=O)(CC)OCC.CCP(=O)(O)O. The molecule has 0 aromatic carbocycles. The van der Waals surface area contributed by atoms with Crippen molar-refractivity contribution in [1.29, 1.82) is 0 Å². The van der Waals surface area contributed by atoms with Gasteiger partial charge in [-0.1, -0.05) is 13.8 Å². The van der Waals surface area contributed by atoms with Gasteiger partial charge in [-0.2, -0.15) is 0 Å². The fourth-order valence-corrected chi connectivity index (χ4v) is 1.84. The van der Waals surface area contributed by atoms with E-state index in [0.29, 0.717) is 19.4 Å². The predicted molar refractivity (Wildman–Crippen MR) is 64.0 cm³/mol. The Bertz CT molecular complexity index is 239. The van der Waals surface area contributed by atoms with E-state index in [1.54, 1.807) is 20.8 Å². The first kappa shape index (κ1) is 18.7. The summed E-state index contributed by atoms with van der Waals surface area (Å²) >= 11 is 0. The zero-order chi connectivity index (χ0) is 13.2. The van der Waals surface area contributed by atoms with Crippen LogP contribution in [0.4, 0.5) is 0 Å². The standard InChI is InChI=1S/C6H15O3P.C2H7O3P/c1-4-8-10(7,6-3)9-5-2;1-2-6(3,4)5/h4-6H2,1-3H3;2H2,1H3,(H2,3,4,5). The van der Waals surface area contributed by atoms with Crippen molar-refractivity contribution in [3.05, 3.63) is 0 Å². The minimum atomic E-state index is -3.65. The largest absolute Gasteiger partial charge is 0.330 e. The molecule has 16 heavy (non-hydrogen) atoms. The molecule has 6 nitrogen and oxygen atoms in total. The predicted octanol–water partition coefficient (Wildman–Crippen LogP) is 2.46. The Morgan fingerprint density at radius 1 is 0.875 bits per heavy atom. The Balaban J connectivity index is 0. The second-order valence-electron chi connectivity index (χ2n) is 2.74. The Morgan fingerprint density at radius 3 is 1.31 bits per heavy atom. The van der Waals surface area contributed by atoms with E-state index < -0.39 is 15.2 Å². The zero-order valence-corrected chi connectivity index (χ0v) is 12.0.